The summed E-state index contributed by atoms with van der Waals surface area (Å²) in [6.45, 7) is 0. The van der Waals surface area contributed by atoms with Gasteiger partial charge in [0, 0.05) is 9.75 Å². The van der Waals surface area contributed by atoms with Gasteiger partial charge in [-0.1, -0.05) is 66.7 Å². The van der Waals surface area contributed by atoms with Gasteiger partial charge in [0.15, 0.2) is 0 Å². The second-order valence-corrected chi connectivity index (χ2v) is 9.80. The molecule has 148 valence electrons. The van der Waals surface area contributed by atoms with Crippen molar-refractivity contribution in [1.82, 2.24) is 0 Å². The van der Waals surface area contributed by atoms with Crippen molar-refractivity contribution in [3.8, 4) is 0 Å². The summed E-state index contributed by atoms with van der Waals surface area (Å²) in [5, 5.41) is 4.28. The van der Waals surface area contributed by atoms with Gasteiger partial charge in [0.2, 0.25) is 0 Å². The maximum atomic E-state index is 2.40. The molecule has 0 spiro atoms. The van der Waals surface area contributed by atoms with E-state index in [0.29, 0.717) is 0 Å². The average Bonchev–Trinajstić information content (AvgIpc) is 3.59. The predicted octanol–water partition coefficient (Wildman–Crippen LogP) is 8.78. The molecule has 0 N–H and O–H groups in total. The van der Waals surface area contributed by atoms with E-state index < -0.39 is 0 Å². The zero-order valence-corrected chi connectivity index (χ0v) is 18.5. The number of rotatable bonds is 3. The highest BCUT2D eigenvalue weighted by Gasteiger charge is 2.23. The standard InChI is InChI=1S/C29H20S2/c1-3-11-28-22(18-24-7-5-13-30-24)16-20(26(28)9-1)15-21-17-23(19-25-8-6-14-31-25)29-12-4-2-10-27(21)29/h1-16,18-19H,17H2/b21-15-,22-18-,23-19+. The summed E-state index contributed by atoms with van der Waals surface area (Å²) >= 11 is 3.58. The molecule has 2 aromatic heterocycles. The lowest BCUT2D eigenvalue weighted by Gasteiger charge is -2.04. The number of allylic oxidation sites excluding steroid dienone is 6. The number of hydrogen-bond donors (Lipinski definition) is 0. The van der Waals surface area contributed by atoms with Gasteiger partial charge in [-0.05, 0) is 92.1 Å². The second-order valence-electron chi connectivity index (χ2n) is 7.84. The molecule has 2 heteroatoms. The molecule has 2 aliphatic rings. The van der Waals surface area contributed by atoms with Crippen molar-refractivity contribution in [2.24, 2.45) is 0 Å². The van der Waals surface area contributed by atoms with Crippen LogP contribution in [0.5, 0.6) is 0 Å². The third-order valence-electron chi connectivity index (χ3n) is 5.89. The summed E-state index contributed by atoms with van der Waals surface area (Å²) in [6, 6.07) is 26.2. The molecule has 31 heavy (non-hydrogen) atoms. The first-order valence-corrected chi connectivity index (χ1v) is 12.2. The fourth-order valence-electron chi connectivity index (χ4n) is 4.50. The van der Waals surface area contributed by atoms with E-state index in [4.69, 9.17) is 0 Å². The van der Waals surface area contributed by atoms with Crippen molar-refractivity contribution >= 4 is 57.1 Å². The van der Waals surface area contributed by atoms with E-state index in [0.717, 1.165) is 6.42 Å². The summed E-state index contributed by atoms with van der Waals surface area (Å²) < 4.78 is 0. The molecule has 0 nitrogen and oxygen atoms in total. The second kappa shape index (κ2) is 7.81. The van der Waals surface area contributed by atoms with Gasteiger partial charge < -0.3 is 0 Å². The molecule has 2 aromatic carbocycles. The Labute approximate surface area is 190 Å². The average molecular weight is 433 g/mol. The van der Waals surface area contributed by atoms with E-state index in [2.05, 4.69) is 108 Å². The lowest BCUT2D eigenvalue weighted by atomic mass is 10.0. The van der Waals surface area contributed by atoms with E-state index >= 15 is 0 Å². The van der Waals surface area contributed by atoms with Crippen molar-refractivity contribution in [2.75, 3.05) is 0 Å². The van der Waals surface area contributed by atoms with Crippen LogP contribution >= 0.6 is 22.7 Å². The Balaban J connectivity index is 1.45. The van der Waals surface area contributed by atoms with Crippen LogP contribution in [0.15, 0.2) is 95.7 Å². The van der Waals surface area contributed by atoms with Crippen LogP contribution in [0.25, 0.3) is 34.4 Å². The van der Waals surface area contributed by atoms with Gasteiger partial charge in [0.05, 0.1) is 0 Å². The predicted molar refractivity (Wildman–Crippen MR) is 138 cm³/mol. The lowest BCUT2D eigenvalue weighted by molar-refractivity contribution is 1.52. The van der Waals surface area contributed by atoms with E-state index in [-0.39, 0.29) is 0 Å². The molecule has 0 unspecified atom stereocenters. The fraction of sp³-hybridized carbons (Fsp3) is 0.0345. The van der Waals surface area contributed by atoms with E-state index in [9.17, 15) is 0 Å². The summed E-state index contributed by atoms with van der Waals surface area (Å²) in [4.78, 5) is 2.61. The Hall–Kier alpha value is -3.20. The van der Waals surface area contributed by atoms with Crippen molar-refractivity contribution in [3.05, 3.63) is 128 Å². The smallest absolute Gasteiger partial charge is 0.0276 e. The number of fused-ring (bicyclic) bond motifs is 2. The van der Waals surface area contributed by atoms with Gasteiger partial charge in [0.25, 0.3) is 0 Å². The third kappa shape index (κ3) is 3.48. The van der Waals surface area contributed by atoms with Crippen molar-refractivity contribution in [3.63, 3.8) is 0 Å². The van der Waals surface area contributed by atoms with Gasteiger partial charge in [-0.15, -0.1) is 22.7 Å². The topological polar surface area (TPSA) is 0 Å². The SMILES string of the molecule is C1=C(/C=C2/C/C(=C\c3cccs3)c3ccccc32)c2ccccc2/C1=C\c1cccs1. The highest BCUT2D eigenvalue weighted by Crippen LogP contribution is 2.45. The number of hydrogen-bond acceptors (Lipinski definition) is 2. The minimum absolute atomic E-state index is 0.973. The summed E-state index contributed by atoms with van der Waals surface area (Å²) in [5.41, 5.74) is 10.8. The van der Waals surface area contributed by atoms with Crippen LogP contribution in [-0.2, 0) is 0 Å². The molecule has 0 fully saturated rings. The molecular weight excluding hydrogens is 412 g/mol. The van der Waals surface area contributed by atoms with Crippen molar-refractivity contribution < 1.29 is 0 Å². The van der Waals surface area contributed by atoms with Gasteiger partial charge in [0.1, 0.15) is 0 Å². The van der Waals surface area contributed by atoms with Crippen LogP contribution < -0.4 is 0 Å². The van der Waals surface area contributed by atoms with Crippen LogP contribution in [0, 0.1) is 0 Å². The molecule has 0 amide bonds. The Morgan fingerprint density at radius 2 is 1.13 bits per heavy atom. The molecule has 2 aliphatic carbocycles. The van der Waals surface area contributed by atoms with Crippen LogP contribution in [0.4, 0.5) is 0 Å². The maximum Gasteiger partial charge on any atom is 0.0276 e. The van der Waals surface area contributed by atoms with Crippen LogP contribution in [0.1, 0.15) is 38.4 Å². The minimum Gasteiger partial charge on any atom is -0.144 e. The van der Waals surface area contributed by atoms with Gasteiger partial charge in [-0.3, -0.25) is 0 Å². The Morgan fingerprint density at radius 3 is 1.77 bits per heavy atom. The molecule has 0 saturated carbocycles. The zero-order chi connectivity index (χ0) is 20.6. The highest BCUT2D eigenvalue weighted by molar-refractivity contribution is 7.11. The Morgan fingerprint density at radius 1 is 0.548 bits per heavy atom. The van der Waals surface area contributed by atoms with Crippen molar-refractivity contribution in [1.29, 1.82) is 0 Å². The molecule has 0 atom stereocenters. The molecule has 4 aromatic rings. The molecule has 0 aliphatic heterocycles. The largest absolute Gasteiger partial charge is 0.144 e. The fourth-order valence-corrected chi connectivity index (χ4v) is 5.85. The molecular formula is C29H20S2. The molecule has 0 saturated heterocycles. The monoisotopic (exact) mass is 432 g/mol. The van der Waals surface area contributed by atoms with Crippen LogP contribution in [0.3, 0.4) is 0 Å². The highest BCUT2D eigenvalue weighted by atomic mass is 32.1. The minimum atomic E-state index is 0.973. The maximum absolute atomic E-state index is 2.40. The van der Waals surface area contributed by atoms with E-state index in [1.54, 1.807) is 22.7 Å². The first-order valence-electron chi connectivity index (χ1n) is 10.5. The van der Waals surface area contributed by atoms with Gasteiger partial charge in [-0.2, -0.15) is 0 Å². The normalized spacial score (nSPS) is 18.6. The zero-order valence-electron chi connectivity index (χ0n) is 16.9. The summed E-state index contributed by atoms with van der Waals surface area (Å²) in [7, 11) is 0. The van der Waals surface area contributed by atoms with E-state index in [1.807, 2.05) is 0 Å². The van der Waals surface area contributed by atoms with Gasteiger partial charge >= 0.3 is 0 Å². The number of benzene rings is 2. The quantitative estimate of drug-likeness (QED) is 0.303. The first-order chi connectivity index (χ1) is 15.3. The summed E-state index contributed by atoms with van der Waals surface area (Å²) in [6.07, 6.45) is 10.4. The number of thiophene rings is 2. The van der Waals surface area contributed by atoms with Crippen molar-refractivity contribution in [2.45, 2.75) is 6.42 Å². The Bertz CT molecular complexity index is 1370. The van der Waals surface area contributed by atoms with Crippen LogP contribution in [0.2, 0.25) is 0 Å². The lowest BCUT2D eigenvalue weighted by Crippen LogP contribution is -1.83. The molecule has 0 bridgehead atoms. The molecule has 2 heterocycles. The van der Waals surface area contributed by atoms with E-state index in [1.165, 1.54) is 54.3 Å². The molecule has 0 radical (unpaired) electrons. The Kier molecular flexibility index (Phi) is 4.67. The van der Waals surface area contributed by atoms with Crippen LogP contribution in [-0.4, -0.2) is 0 Å². The molecule has 6 rings (SSSR count). The summed E-state index contributed by atoms with van der Waals surface area (Å²) in [5.74, 6) is 0. The third-order valence-corrected chi connectivity index (χ3v) is 7.53. The van der Waals surface area contributed by atoms with Gasteiger partial charge in [-0.25, -0.2) is 0 Å². The first kappa shape index (κ1) is 18.6.